The van der Waals surface area contributed by atoms with E-state index >= 15 is 0 Å². The Labute approximate surface area is 133 Å². The van der Waals surface area contributed by atoms with Crippen LogP contribution in [0.15, 0.2) is 29.8 Å². The summed E-state index contributed by atoms with van der Waals surface area (Å²) in [6, 6.07) is 6.36. The van der Waals surface area contributed by atoms with Crippen LogP contribution in [0.4, 0.5) is 5.13 Å². The summed E-state index contributed by atoms with van der Waals surface area (Å²) in [6.07, 6.45) is 5.68. The molecule has 0 saturated heterocycles. The molecule has 3 rings (SSSR count). The molecule has 0 bridgehead atoms. The van der Waals surface area contributed by atoms with Gasteiger partial charge in [0.15, 0.2) is 10.1 Å². The summed E-state index contributed by atoms with van der Waals surface area (Å²) in [5.41, 5.74) is 7.98. The second-order valence-corrected chi connectivity index (χ2v) is 7.30. The second kappa shape index (κ2) is 6.25. The minimum Gasteiger partial charge on any atom is -0.375 e. The number of fused-ring (bicyclic) bond motifs is 1. The molecule has 0 fully saturated rings. The van der Waals surface area contributed by atoms with Crippen LogP contribution >= 0.6 is 23.1 Å². The molecule has 0 radical (unpaired) electrons. The summed E-state index contributed by atoms with van der Waals surface area (Å²) < 4.78 is 1.13. The summed E-state index contributed by atoms with van der Waals surface area (Å²) in [7, 11) is 0. The van der Waals surface area contributed by atoms with E-state index in [0.29, 0.717) is 5.13 Å². The minimum absolute atomic E-state index is 0.263. The summed E-state index contributed by atoms with van der Waals surface area (Å²) in [5.74, 6) is 0. The Morgan fingerprint density at radius 1 is 1.38 bits per heavy atom. The van der Waals surface area contributed by atoms with Crippen molar-refractivity contribution < 1.29 is 0 Å². The predicted molar refractivity (Wildman–Crippen MR) is 93.1 cm³/mol. The molecule has 0 aliphatic carbocycles. The van der Waals surface area contributed by atoms with Crippen LogP contribution in [-0.2, 0) is 4.99 Å². The fourth-order valence-corrected chi connectivity index (χ4v) is 4.17. The molecule has 4 N–H and O–H groups in total. The number of nitrogen functional groups attached to an aromatic ring is 1. The maximum absolute atomic E-state index is 5.80. The lowest BCUT2D eigenvalue weighted by Gasteiger charge is -2.31. The molecule has 0 saturated carbocycles. The molecule has 21 heavy (non-hydrogen) atoms. The number of aromatic nitrogens is 1. The smallest absolute Gasteiger partial charge is 0.181 e. The van der Waals surface area contributed by atoms with Crippen molar-refractivity contribution in [2.75, 3.05) is 12.3 Å². The quantitative estimate of drug-likeness (QED) is 0.710. The van der Waals surface area contributed by atoms with Crippen molar-refractivity contribution in [2.24, 2.45) is 0 Å². The normalized spacial score (nSPS) is 21.0. The highest BCUT2D eigenvalue weighted by Crippen LogP contribution is 2.38. The highest BCUT2D eigenvalue weighted by Gasteiger charge is 2.33. The Balaban J connectivity index is 1.84. The molecule has 1 aliphatic rings. The molecule has 2 heterocycles. The standard InChI is InChI=1S/C15H20N4S2/c1-2-3-4-7-17-15(18-8-9-20-15)11-5-6-12-13(10-11)21-14(16)19-12/h5-6,8-10,17-18H,2-4,7H2,1H3,(H2,16,19). The first-order chi connectivity index (χ1) is 10.2. The van der Waals surface area contributed by atoms with Gasteiger partial charge in [-0.1, -0.05) is 48.9 Å². The van der Waals surface area contributed by atoms with Gasteiger partial charge in [-0.25, -0.2) is 4.98 Å². The van der Waals surface area contributed by atoms with E-state index < -0.39 is 0 Å². The molecule has 4 nitrogen and oxygen atoms in total. The molecule has 1 aliphatic heterocycles. The van der Waals surface area contributed by atoms with Gasteiger partial charge in [-0.3, -0.25) is 5.32 Å². The van der Waals surface area contributed by atoms with Gasteiger partial charge in [0.1, 0.15) is 0 Å². The fourth-order valence-electron chi connectivity index (χ4n) is 2.47. The summed E-state index contributed by atoms with van der Waals surface area (Å²) in [6.45, 7) is 3.22. The van der Waals surface area contributed by atoms with Crippen molar-refractivity contribution in [3.63, 3.8) is 0 Å². The van der Waals surface area contributed by atoms with Gasteiger partial charge in [0.05, 0.1) is 10.2 Å². The molecular formula is C15H20N4S2. The number of rotatable bonds is 6. The molecule has 1 aromatic heterocycles. The Bertz CT molecular complexity index is 642. The van der Waals surface area contributed by atoms with Gasteiger partial charge in [-0.15, -0.1) is 0 Å². The molecule has 6 heteroatoms. The molecule has 0 spiro atoms. The van der Waals surface area contributed by atoms with Crippen molar-refractivity contribution in [1.82, 2.24) is 15.6 Å². The molecule has 1 unspecified atom stereocenters. The number of benzene rings is 1. The van der Waals surface area contributed by atoms with Crippen molar-refractivity contribution in [2.45, 2.75) is 31.2 Å². The third-order valence-corrected chi connectivity index (χ3v) is 5.54. The molecular weight excluding hydrogens is 300 g/mol. The number of nitrogens with zero attached hydrogens (tertiary/aromatic N) is 1. The Morgan fingerprint density at radius 3 is 3.05 bits per heavy atom. The third-order valence-electron chi connectivity index (χ3n) is 3.57. The molecule has 0 amide bonds. The zero-order valence-corrected chi connectivity index (χ0v) is 13.7. The lowest BCUT2D eigenvalue weighted by molar-refractivity contribution is 0.437. The SMILES string of the molecule is CCCCCNC1(c2ccc3nc(N)sc3c2)NC=CS1. The topological polar surface area (TPSA) is 63.0 Å². The van der Waals surface area contributed by atoms with E-state index in [0.717, 1.165) is 16.8 Å². The molecule has 112 valence electrons. The average molecular weight is 320 g/mol. The van der Waals surface area contributed by atoms with Gasteiger partial charge in [0.25, 0.3) is 0 Å². The monoisotopic (exact) mass is 320 g/mol. The van der Waals surface area contributed by atoms with Crippen LogP contribution in [0, 0.1) is 0 Å². The first-order valence-electron chi connectivity index (χ1n) is 7.25. The van der Waals surface area contributed by atoms with Crippen molar-refractivity contribution >= 4 is 38.4 Å². The van der Waals surface area contributed by atoms with E-state index in [1.54, 1.807) is 11.8 Å². The number of hydrogen-bond donors (Lipinski definition) is 3. The Kier molecular flexibility index (Phi) is 4.37. The van der Waals surface area contributed by atoms with E-state index in [4.69, 9.17) is 5.73 Å². The highest BCUT2D eigenvalue weighted by molar-refractivity contribution is 8.03. The number of unbranched alkanes of at least 4 members (excludes halogenated alkanes) is 2. The van der Waals surface area contributed by atoms with Gasteiger partial charge in [0, 0.05) is 11.8 Å². The number of thioether (sulfide) groups is 1. The second-order valence-electron chi connectivity index (χ2n) is 5.11. The van der Waals surface area contributed by atoms with Gasteiger partial charge >= 0.3 is 0 Å². The first kappa shape index (κ1) is 14.7. The molecule has 1 aromatic carbocycles. The average Bonchev–Trinajstić information content (AvgIpc) is 3.09. The van der Waals surface area contributed by atoms with E-state index in [1.807, 2.05) is 12.3 Å². The third kappa shape index (κ3) is 3.02. The number of nitrogens with one attached hydrogen (secondary N) is 2. The maximum atomic E-state index is 5.80. The lowest BCUT2D eigenvalue weighted by atomic mass is 10.1. The summed E-state index contributed by atoms with van der Waals surface area (Å²) in [5, 5.41) is 9.84. The van der Waals surface area contributed by atoms with E-state index in [2.05, 4.69) is 40.1 Å². The minimum atomic E-state index is -0.263. The number of anilines is 1. The van der Waals surface area contributed by atoms with Crippen LogP contribution < -0.4 is 16.4 Å². The van der Waals surface area contributed by atoms with Gasteiger partial charge in [-0.2, -0.15) is 0 Å². The largest absolute Gasteiger partial charge is 0.375 e. The van der Waals surface area contributed by atoms with Crippen LogP contribution in [0.2, 0.25) is 0 Å². The number of hydrogen-bond acceptors (Lipinski definition) is 6. The lowest BCUT2D eigenvalue weighted by Crippen LogP contribution is -2.47. The summed E-state index contributed by atoms with van der Waals surface area (Å²) >= 11 is 3.30. The van der Waals surface area contributed by atoms with Gasteiger partial charge < -0.3 is 11.1 Å². The number of nitrogens with two attached hydrogens (primary N) is 1. The van der Waals surface area contributed by atoms with E-state index in [1.165, 1.54) is 36.2 Å². The van der Waals surface area contributed by atoms with Crippen LogP contribution in [0.25, 0.3) is 10.2 Å². The van der Waals surface area contributed by atoms with Crippen molar-refractivity contribution in [3.8, 4) is 0 Å². The zero-order valence-electron chi connectivity index (χ0n) is 12.1. The van der Waals surface area contributed by atoms with Crippen LogP contribution in [0.5, 0.6) is 0 Å². The predicted octanol–water partition coefficient (Wildman–Crippen LogP) is 3.58. The Morgan fingerprint density at radius 2 is 2.29 bits per heavy atom. The fraction of sp³-hybridized carbons (Fsp3) is 0.400. The van der Waals surface area contributed by atoms with Crippen LogP contribution in [-0.4, -0.2) is 11.5 Å². The number of thiazole rings is 1. The van der Waals surface area contributed by atoms with Crippen LogP contribution in [0.3, 0.4) is 0 Å². The van der Waals surface area contributed by atoms with Crippen LogP contribution in [0.1, 0.15) is 31.7 Å². The van der Waals surface area contributed by atoms with Gasteiger partial charge in [-0.05, 0) is 30.5 Å². The molecule has 2 aromatic rings. The highest BCUT2D eigenvalue weighted by atomic mass is 32.2. The van der Waals surface area contributed by atoms with E-state index in [9.17, 15) is 0 Å². The molecule has 1 atom stereocenters. The maximum Gasteiger partial charge on any atom is 0.181 e. The zero-order chi connectivity index (χ0) is 14.7. The first-order valence-corrected chi connectivity index (χ1v) is 8.95. The van der Waals surface area contributed by atoms with E-state index in [-0.39, 0.29) is 4.99 Å². The van der Waals surface area contributed by atoms with Crippen molar-refractivity contribution in [1.29, 1.82) is 0 Å². The summed E-state index contributed by atoms with van der Waals surface area (Å²) in [4.78, 5) is 4.06. The Hall–Kier alpha value is -1.24. The van der Waals surface area contributed by atoms with Gasteiger partial charge in [0.2, 0.25) is 0 Å². The van der Waals surface area contributed by atoms with Crippen molar-refractivity contribution in [3.05, 3.63) is 35.4 Å².